The molecule has 0 aromatic carbocycles. The van der Waals surface area contributed by atoms with Crippen molar-refractivity contribution in [2.45, 2.75) is 31.2 Å². The second kappa shape index (κ2) is 5.40. The fourth-order valence-electron chi connectivity index (χ4n) is 2.98. The fraction of sp³-hybridized carbons (Fsp3) is 0.538. The average Bonchev–Trinajstić information content (AvgIpc) is 2.97. The number of aliphatic hydroxyl groups is 1. The summed E-state index contributed by atoms with van der Waals surface area (Å²) in [6.45, 7) is 1.56. The van der Waals surface area contributed by atoms with Gasteiger partial charge in [0.05, 0.1) is 23.8 Å². The quantitative estimate of drug-likeness (QED) is 0.731. The Labute approximate surface area is 130 Å². The van der Waals surface area contributed by atoms with E-state index in [9.17, 15) is 19.8 Å². The van der Waals surface area contributed by atoms with Crippen LogP contribution >= 0.6 is 11.8 Å². The molecule has 2 aliphatic heterocycles. The van der Waals surface area contributed by atoms with Crippen LogP contribution in [0, 0.1) is 5.92 Å². The van der Waals surface area contributed by atoms with Gasteiger partial charge in [0.25, 0.3) is 0 Å². The van der Waals surface area contributed by atoms with Gasteiger partial charge in [0.1, 0.15) is 5.70 Å². The fourth-order valence-corrected chi connectivity index (χ4v) is 4.05. The molecule has 1 aromatic heterocycles. The van der Waals surface area contributed by atoms with Crippen molar-refractivity contribution < 1.29 is 19.8 Å². The maximum absolute atomic E-state index is 12.1. The Hall–Kier alpha value is -1.87. The van der Waals surface area contributed by atoms with Gasteiger partial charge in [-0.2, -0.15) is 0 Å². The van der Waals surface area contributed by atoms with Gasteiger partial charge in [-0.3, -0.25) is 9.48 Å². The number of aryl methyl sites for hydroxylation is 1. The van der Waals surface area contributed by atoms with Gasteiger partial charge in [0.2, 0.25) is 5.91 Å². The van der Waals surface area contributed by atoms with Crippen molar-refractivity contribution in [3.8, 4) is 0 Å². The second-order valence-corrected chi connectivity index (χ2v) is 6.57. The minimum atomic E-state index is -1.11. The lowest BCUT2D eigenvalue weighted by Crippen LogP contribution is -2.61. The lowest BCUT2D eigenvalue weighted by atomic mass is 9.83. The lowest BCUT2D eigenvalue weighted by Gasteiger charge is -2.44. The number of thioether (sulfide) groups is 1. The topological polar surface area (TPSA) is 109 Å². The van der Waals surface area contributed by atoms with Crippen LogP contribution < -0.4 is 0 Å². The molecule has 0 bridgehead atoms. The number of carbonyl (C=O) groups is 2. The van der Waals surface area contributed by atoms with Crippen molar-refractivity contribution >= 4 is 23.6 Å². The summed E-state index contributed by atoms with van der Waals surface area (Å²) in [6.07, 6.45) is 1.46. The molecule has 8 nitrogen and oxygen atoms in total. The monoisotopic (exact) mass is 324 g/mol. The second-order valence-electron chi connectivity index (χ2n) is 5.50. The van der Waals surface area contributed by atoms with Crippen molar-refractivity contribution in [3.63, 3.8) is 0 Å². The van der Waals surface area contributed by atoms with Gasteiger partial charge in [-0.1, -0.05) is 5.21 Å². The number of nitrogens with zero attached hydrogens (tertiary/aromatic N) is 4. The van der Waals surface area contributed by atoms with Gasteiger partial charge in [0, 0.05) is 30.3 Å². The van der Waals surface area contributed by atoms with E-state index < -0.39 is 18.0 Å². The molecular weight excluding hydrogens is 308 g/mol. The maximum atomic E-state index is 12.1. The Bertz CT molecular complexity index is 669. The highest BCUT2D eigenvalue weighted by molar-refractivity contribution is 8.02. The molecule has 1 amide bonds. The van der Waals surface area contributed by atoms with E-state index in [1.54, 1.807) is 24.9 Å². The largest absolute Gasteiger partial charge is 0.477 e. The van der Waals surface area contributed by atoms with Crippen molar-refractivity contribution in [1.29, 1.82) is 0 Å². The van der Waals surface area contributed by atoms with E-state index in [1.807, 2.05) is 0 Å². The minimum Gasteiger partial charge on any atom is -0.477 e. The highest BCUT2D eigenvalue weighted by Crippen LogP contribution is 2.47. The molecule has 3 heterocycles. The molecule has 1 fully saturated rings. The first-order chi connectivity index (χ1) is 10.4. The van der Waals surface area contributed by atoms with Gasteiger partial charge >= 0.3 is 5.97 Å². The summed E-state index contributed by atoms with van der Waals surface area (Å²) in [5.41, 5.74) is 0.790. The van der Waals surface area contributed by atoms with Gasteiger partial charge in [-0.25, -0.2) is 4.79 Å². The Morgan fingerprint density at radius 2 is 2.32 bits per heavy atom. The molecular formula is C13H16N4O4S. The van der Waals surface area contributed by atoms with Gasteiger partial charge in [0.15, 0.2) is 0 Å². The van der Waals surface area contributed by atoms with E-state index in [0.717, 1.165) is 5.69 Å². The lowest BCUT2D eigenvalue weighted by molar-refractivity contribution is -0.161. The highest BCUT2D eigenvalue weighted by Gasteiger charge is 2.56. The highest BCUT2D eigenvalue weighted by atomic mass is 32.2. The predicted molar refractivity (Wildman–Crippen MR) is 77.4 cm³/mol. The molecule has 0 aliphatic carbocycles. The van der Waals surface area contributed by atoms with E-state index in [-0.39, 0.29) is 17.6 Å². The number of carbonyl (C=O) groups excluding carboxylic acids is 1. The van der Waals surface area contributed by atoms with E-state index in [4.69, 9.17) is 0 Å². The van der Waals surface area contributed by atoms with Crippen LogP contribution in [-0.2, 0) is 22.4 Å². The zero-order valence-electron chi connectivity index (χ0n) is 12.1. The number of aliphatic hydroxyl groups excluding tert-OH is 1. The summed E-state index contributed by atoms with van der Waals surface area (Å²) in [5.74, 6) is -1.44. The number of carboxylic acid groups (broad SMARTS) is 1. The molecule has 0 saturated carbocycles. The van der Waals surface area contributed by atoms with E-state index in [0.29, 0.717) is 17.1 Å². The number of fused-ring (bicyclic) bond motifs is 1. The van der Waals surface area contributed by atoms with Gasteiger partial charge in [-0.05, 0) is 6.92 Å². The first-order valence-corrected chi connectivity index (χ1v) is 7.84. The number of hydrogen-bond donors (Lipinski definition) is 2. The molecule has 22 heavy (non-hydrogen) atoms. The van der Waals surface area contributed by atoms with Crippen LogP contribution in [0.15, 0.2) is 16.8 Å². The molecule has 3 atom stereocenters. The summed E-state index contributed by atoms with van der Waals surface area (Å²) in [6, 6.07) is -0.247. The molecule has 2 N–H and O–H groups in total. The first-order valence-electron chi connectivity index (χ1n) is 6.85. The van der Waals surface area contributed by atoms with E-state index >= 15 is 0 Å². The Morgan fingerprint density at radius 3 is 2.86 bits per heavy atom. The van der Waals surface area contributed by atoms with Crippen LogP contribution in [-0.4, -0.2) is 54.1 Å². The number of aromatic nitrogens is 3. The summed E-state index contributed by atoms with van der Waals surface area (Å²) in [5, 5.41) is 26.8. The Kier molecular flexibility index (Phi) is 3.69. The average molecular weight is 324 g/mol. The molecule has 1 saturated heterocycles. The molecule has 0 radical (unpaired) electrons. The summed E-state index contributed by atoms with van der Waals surface area (Å²) < 4.78 is 1.58. The number of carboxylic acids is 1. The van der Waals surface area contributed by atoms with Crippen LogP contribution in [0.3, 0.4) is 0 Å². The summed E-state index contributed by atoms with van der Waals surface area (Å²) in [7, 11) is 1.76. The summed E-state index contributed by atoms with van der Waals surface area (Å²) >= 11 is 1.36. The molecule has 2 aliphatic rings. The van der Waals surface area contributed by atoms with Crippen molar-refractivity contribution in [2.24, 2.45) is 13.0 Å². The number of aliphatic carboxylic acids is 1. The SMILES string of the molecule is C[C@@H](O)C1C(=O)N2C(C(=O)O)=C(SCc3cn(C)nn3)CC12. The zero-order chi connectivity index (χ0) is 16.0. The normalized spacial score (nSPS) is 25.2. The Morgan fingerprint density at radius 1 is 1.59 bits per heavy atom. The predicted octanol–water partition coefficient (Wildman–Crippen LogP) is -0.0440. The van der Waals surface area contributed by atoms with E-state index in [2.05, 4.69) is 10.3 Å². The maximum Gasteiger partial charge on any atom is 0.353 e. The number of β-lactam (4-membered cyclic amide) rings is 1. The number of hydrogen-bond acceptors (Lipinski definition) is 6. The molecule has 9 heteroatoms. The van der Waals surface area contributed by atoms with Crippen LogP contribution in [0.5, 0.6) is 0 Å². The van der Waals surface area contributed by atoms with Crippen LogP contribution in [0.4, 0.5) is 0 Å². The molecule has 0 spiro atoms. The number of rotatable bonds is 5. The van der Waals surface area contributed by atoms with Crippen molar-refractivity contribution in [3.05, 3.63) is 22.5 Å². The van der Waals surface area contributed by atoms with Gasteiger partial charge in [-0.15, -0.1) is 16.9 Å². The Balaban J connectivity index is 1.78. The van der Waals surface area contributed by atoms with Crippen LogP contribution in [0.1, 0.15) is 19.0 Å². The van der Waals surface area contributed by atoms with Crippen LogP contribution in [0.25, 0.3) is 0 Å². The summed E-state index contributed by atoms with van der Waals surface area (Å²) in [4.78, 5) is 25.5. The smallest absolute Gasteiger partial charge is 0.353 e. The van der Waals surface area contributed by atoms with E-state index in [1.165, 1.54) is 16.7 Å². The molecule has 118 valence electrons. The molecule has 3 rings (SSSR count). The third kappa shape index (κ3) is 2.30. The number of amides is 1. The van der Waals surface area contributed by atoms with Crippen molar-refractivity contribution in [1.82, 2.24) is 19.9 Å². The third-order valence-electron chi connectivity index (χ3n) is 3.94. The molecule has 1 aromatic rings. The molecule has 2 unspecified atom stereocenters. The standard InChI is InChI=1S/C13H16N4O4S/c1-6(18)10-8-3-9(11(13(20)21)17(8)12(10)19)22-5-7-4-16(2)15-14-7/h4,6,8,10,18H,3,5H2,1-2H3,(H,20,21)/t6-,8?,10?/m1/s1. The first kappa shape index (κ1) is 15.0. The van der Waals surface area contributed by atoms with Crippen molar-refractivity contribution in [2.75, 3.05) is 0 Å². The van der Waals surface area contributed by atoms with Gasteiger partial charge < -0.3 is 15.1 Å². The zero-order valence-corrected chi connectivity index (χ0v) is 12.9. The third-order valence-corrected chi connectivity index (χ3v) is 5.08. The van der Waals surface area contributed by atoms with Crippen LogP contribution in [0.2, 0.25) is 0 Å². The minimum absolute atomic E-state index is 0.0424.